The molecule has 0 spiro atoms. The molecule has 1 heterocycles. The van der Waals surface area contributed by atoms with Gasteiger partial charge < -0.3 is 15.4 Å². The summed E-state index contributed by atoms with van der Waals surface area (Å²) in [4.78, 5) is 11.7. The topological polar surface area (TPSA) is 50.4 Å². The van der Waals surface area contributed by atoms with Gasteiger partial charge in [0.25, 0.3) is 0 Å². The maximum absolute atomic E-state index is 11.7. The summed E-state index contributed by atoms with van der Waals surface area (Å²) < 4.78 is 5.51. The smallest absolute Gasteiger partial charge is 0.223 e. The van der Waals surface area contributed by atoms with Crippen LogP contribution in [0, 0.1) is 5.92 Å². The Bertz CT molecular complexity index is 400. The third-order valence-corrected chi connectivity index (χ3v) is 3.69. The molecule has 2 unspecified atom stereocenters. The van der Waals surface area contributed by atoms with Gasteiger partial charge in [-0.1, -0.05) is 18.2 Å². The fourth-order valence-corrected chi connectivity index (χ4v) is 2.36. The molecule has 20 heavy (non-hydrogen) atoms. The van der Waals surface area contributed by atoms with Crippen molar-refractivity contribution in [3.05, 3.63) is 30.3 Å². The highest BCUT2D eigenvalue weighted by Crippen LogP contribution is 2.13. The summed E-state index contributed by atoms with van der Waals surface area (Å²) in [7, 11) is 0. The highest BCUT2D eigenvalue weighted by molar-refractivity contribution is 5.75. The molecule has 1 saturated heterocycles. The van der Waals surface area contributed by atoms with Crippen LogP contribution in [-0.4, -0.2) is 31.6 Å². The van der Waals surface area contributed by atoms with Gasteiger partial charge in [-0.05, 0) is 44.4 Å². The number of rotatable bonds is 6. The van der Waals surface area contributed by atoms with Gasteiger partial charge in [0.2, 0.25) is 5.91 Å². The van der Waals surface area contributed by atoms with Crippen molar-refractivity contribution in [1.29, 1.82) is 0 Å². The summed E-state index contributed by atoms with van der Waals surface area (Å²) in [5.74, 6) is 1.44. The number of hydrogen-bond acceptors (Lipinski definition) is 3. The van der Waals surface area contributed by atoms with E-state index in [1.165, 1.54) is 12.8 Å². The molecule has 0 aromatic heterocycles. The maximum Gasteiger partial charge on any atom is 0.223 e. The van der Waals surface area contributed by atoms with Crippen molar-refractivity contribution in [2.24, 2.45) is 5.92 Å². The molecule has 2 N–H and O–H groups in total. The number of ether oxygens (including phenoxy) is 1. The zero-order valence-corrected chi connectivity index (χ0v) is 12.1. The first kappa shape index (κ1) is 14.9. The molecular formula is C16H24N2O2. The van der Waals surface area contributed by atoms with E-state index in [4.69, 9.17) is 4.74 Å². The summed E-state index contributed by atoms with van der Waals surface area (Å²) in [6.45, 7) is 4.40. The third-order valence-electron chi connectivity index (χ3n) is 3.69. The molecule has 0 aliphatic carbocycles. The van der Waals surface area contributed by atoms with E-state index < -0.39 is 0 Å². The Labute approximate surface area is 120 Å². The molecule has 0 bridgehead atoms. The van der Waals surface area contributed by atoms with Gasteiger partial charge in [-0.3, -0.25) is 4.79 Å². The first-order valence-corrected chi connectivity index (χ1v) is 7.42. The highest BCUT2D eigenvalue weighted by atomic mass is 16.5. The van der Waals surface area contributed by atoms with E-state index in [-0.39, 0.29) is 5.91 Å². The average Bonchev–Trinajstić information content (AvgIpc) is 2.48. The number of benzene rings is 1. The molecule has 1 amide bonds. The van der Waals surface area contributed by atoms with Crippen LogP contribution < -0.4 is 15.4 Å². The minimum atomic E-state index is 0.0690. The zero-order chi connectivity index (χ0) is 14.2. The lowest BCUT2D eigenvalue weighted by Gasteiger charge is -2.27. The van der Waals surface area contributed by atoms with Crippen molar-refractivity contribution in [3.63, 3.8) is 0 Å². The standard InChI is InChI=1S/C16H24N2O2/c1-13-7-8-14(11-17-13)12-18-16(19)9-10-20-15-5-3-2-4-6-15/h2-6,13-14,17H,7-12H2,1H3,(H,18,19). The number of amides is 1. The van der Waals surface area contributed by atoms with Crippen LogP contribution in [0.25, 0.3) is 0 Å². The monoisotopic (exact) mass is 276 g/mol. The summed E-state index contributed by atoms with van der Waals surface area (Å²) in [6, 6.07) is 10.2. The lowest BCUT2D eigenvalue weighted by atomic mass is 9.95. The summed E-state index contributed by atoms with van der Waals surface area (Å²) >= 11 is 0. The largest absolute Gasteiger partial charge is 0.493 e. The number of carbonyl (C=O) groups excluding carboxylic acids is 1. The Hall–Kier alpha value is -1.55. The molecule has 1 aromatic rings. The summed E-state index contributed by atoms with van der Waals surface area (Å²) in [5, 5.41) is 6.44. The quantitative estimate of drug-likeness (QED) is 0.835. The van der Waals surface area contributed by atoms with Gasteiger partial charge in [-0.15, -0.1) is 0 Å². The Morgan fingerprint density at radius 2 is 2.15 bits per heavy atom. The molecule has 4 nitrogen and oxygen atoms in total. The van der Waals surface area contributed by atoms with Crippen molar-refractivity contribution in [3.8, 4) is 5.75 Å². The van der Waals surface area contributed by atoms with Crippen LogP contribution >= 0.6 is 0 Å². The van der Waals surface area contributed by atoms with Crippen LogP contribution in [0.2, 0.25) is 0 Å². The van der Waals surface area contributed by atoms with Crippen molar-refractivity contribution >= 4 is 5.91 Å². The van der Waals surface area contributed by atoms with E-state index in [1.807, 2.05) is 30.3 Å². The van der Waals surface area contributed by atoms with Crippen LogP contribution in [0.3, 0.4) is 0 Å². The van der Waals surface area contributed by atoms with Crippen LogP contribution in [0.4, 0.5) is 0 Å². The van der Waals surface area contributed by atoms with E-state index in [2.05, 4.69) is 17.6 Å². The second kappa shape index (κ2) is 7.90. The van der Waals surface area contributed by atoms with Crippen molar-refractivity contribution in [2.45, 2.75) is 32.2 Å². The van der Waals surface area contributed by atoms with E-state index in [0.29, 0.717) is 25.0 Å². The maximum atomic E-state index is 11.7. The number of para-hydroxylation sites is 1. The van der Waals surface area contributed by atoms with Gasteiger partial charge >= 0.3 is 0 Å². The van der Waals surface area contributed by atoms with E-state index >= 15 is 0 Å². The number of nitrogens with one attached hydrogen (secondary N) is 2. The van der Waals surface area contributed by atoms with Crippen molar-refractivity contribution in [2.75, 3.05) is 19.7 Å². The number of piperidine rings is 1. The molecule has 1 fully saturated rings. The SMILES string of the molecule is CC1CCC(CNC(=O)CCOc2ccccc2)CN1. The lowest BCUT2D eigenvalue weighted by Crippen LogP contribution is -2.42. The first-order valence-electron chi connectivity index (χ1n) is 7.42. The second-order valence-corrected chi connectivity index (χ2v) is 5.47. The first-order chi connectivity index (χ1) is 9.74. The van der Waals surface area contributed by atoms with Gasteiger partial charge in [0, 0.05) is 12.6 Å². The van der Waals surface area contributed by atoms with Gasteiger partial charge in [0.15, 0.2) is 0 Å². The van der Waals surface area contributed by atoms with Gasteiger partial charge in [-0.25, -0.2) is 0 Å². The molecule has 110 valence electrons. The van der Waals surface area contributed by atoms with E-state index in [0.717, 1.165) is 18.8 Å². The van der Waals surface area contributed by atoms with E-state index in [9.17, 15) is 4.79 Å². The molecule has 1 aliphatic rings. The molecule has 0 saturated carbocycles. The van der Waals surface area contributed by atoms with Crippen molar-refractivity contribution < 1.29 is 9.53 Å². The van der Waals surface area contributed by atoms with Gasteiger partial charge in [0.05, 0.1) is 13.0 Å². The molecular weight excluding hydrogens is 252 g/mol. The van der Waals surface area contributed by atoms with Crippen LogP contribution in [0.15, 0.2) is 30.3 Å². The van der Waals surface area contributed by atoms with Gasteiger partial charge in [-0.2, -0.15) is 0 Å². The average molecular weight is 276 g/mol. The predicted octanol–water partition coefficient (Wildman–Crippen LogP) is 1.96. The van der Waals surface area contributed by atoms with E-state index in [1.54, 1.807) is 0 Å². The van der Waals surface area contributed by atoms with Crippen molar-refractivity contribution in [1.82, 2.24) is 10.6 Å². The molecule has 2 rings (SSSR count). The third kappa shape index (κ3) is 5.21. The molecule has 1 aromatic carbocycles. The second-order valence-electron chi connectivity index (χ2n) is 5.47. The molecule has 1 aliphatic heterocycles. The molecule has 2 atom stereocenters. The fourth-order valence-electron chi connectivity index (χ4n) is 2.36. The lowest BCUT2D eigenvalue weighted by molar-refractivity contribution is -0.121. The Morgan fingerprint density at radius 1 is 1.35 bits per heavy atom. The normalized spacial score (nSPS) is 22.2. The zero-order valence-electron chi connectivity index (χ0n) is 12.1. The molecule has 4 heteroatoms. The Balaban J connectivity index is 1.56. The summed E-state index contributed by atoms with van der Waals surface area (Å²) in [6.07, 6.45) is 2.79. The fraction of sp³-hybridized carbons (Fsp3) is 0.562. The van der Waals surface area contributed by atoms with Crippen LogP contribution in [-0.2, 0) is 4.79 Å². The Kier molecular flexibility index (Phi) is 5.87. The summed E-state index contributed by atoms with van der Waals surface area (Å²) in [5.41, 5.74) is 0. The number of carbonyl (C=O) groups is 1. The van der Waals surface area contributed by atoms with Crippen LogP contribution in [0.5, 0.6) is 5.75 Å². The molecule has 0 radical (unpaired) electrons. The minimum Gasteiger partial charge on any atom is -0.493 e. The Morgan fingerprint density at radius 3 is 2.85 bits per heavy atom. The predicted molar refractivity (Wildman–Crippen MR) is 79.8 cm³/mol. The number of hydrogen-bond donors (Lipinski definition) is 2. The van der Waals surface area contributed by atoms with Crippen LogP contribution in [0.1, 0.15) is 26.2 Å². The van der Waals surface area contributed by atoms with Gasteiger partial charge in [0.1, 0.15) is 5.75 Å². The minimum absolute atomic E-state index is 0.0690. The highest BCUT2D eigenvalue weighted by Gasteiger charge is 2.17.